The molecular weight excluding hydrogens is 224 g/mol. The molecule has 0 unspecified atom stereocenters. The van der Waals surface area contributed by atoms with Crippen molar-refractivity contribution < 1.29 is 12.6 Å². The number of halogens is 1. The monoisotopic (exact) mass is 234 g/mol. The van der Waals surface area contributed by atoms with Gasteiger partial charge in [0.05, 0.1) is 6.26 Å². The Bertz CT molecular complexity index is 426. The third-order valence-corrected chi connectivity index (χ3v) is 2.50. The lowest BCUT2D eigenvalue weighted by molar-refractivity contribution is 0.493. The number of rotatable bonds is 3. The van der Waals surface area contributed by atoms with E-state index in [1.165, 1.54) is 6.07 Å². The van der Waals surface area contributed by atoms with E-state index in [2.05, 4.69) is 4.18 Å². The molecule has 5 heteroatoms. The first-order valence-corrected chi connectivity index (χ1v) is 6.29. The molecule has 1 aromatic rings. The Balaban J connectivity index is 2.98. The normalized spacial score (nSPS) is 11.4. The number of hydrogen-bond acceptors (Lipinski definition) is 3. The molecule has 0 aliphatic heterocycles. The summed E-state index contributed by atoms with van der Waals surface area (Å²) in [6.07, 6.45) is 1.80. The van der Waals surface area contributed by atoms with E-state index >= 15 is 0 Å². The highest BCUT2D eigenvalue weighted by Crippen LogP contribution is 2.23. The van der Waals surface area contributed by atoms with Crippen molar-refractivity contribution in [1.82, 2.24) is 0 Å². The molecule has 0 heterocycles. The van der Waals surface area contributed by atoms with E-state index in [1.807, 2.05) is 6.92 Å². The molecule has 0 aliphatic rings. The summed E-state index contributed by atoms with van der Waals surface area (Å²) in [6.45, 7) is 1.97. The van der Waals surface area contributed by atoms with Gasteiger partial charge in [-0.25, -0.2) is 0 Å². The van der Waals surface area contributed by atoms with E-state index in [9.17, 15) is 8.42 Å². The molecule has 14 heavy (non-hydrogen) atoms. The van der Waals surface area contributed by atoms with Crippen molar-refractivity contribution >= 4 is 21.7 Å². The van der Waals surface area contributed by atoms with Gasteiger partial charge in [0.2, 0.25) is 0 Å². The van der Waals surface area contributed by atoms with E-state index in [4.69, 9.17) is 11.6 Å². The third kappa shape index (κ3) is 3.20. The molecule has 0 radical (unpaired) electrons. The van der Waals surface area contributed by atoms with Gasteiger partial charge in [0, 0.05) is 11.1 Å². The van der Waals surface area contributed by atoms with Gasteiger partial charge in [-0.05, 0) is 18.1 Å². The highest BCUT2D eigenvalue weighted by Gasteiger charge is 2.06. The lowest BCUT2D eigenvalue weighted by Crippen LogP contribution is -2.05. The van der Waals surface area contributed by atoms with Crippen molar-refractivity contribution in [3.05, 3.63) is 28.8 Å². The van der Waals surface area contributed by atoms with Gasteiger partial charge >= 0.3 is 10.1 Å². The average molecular weight is 235 g/mol. The summed E-state index contributed by atoms with van der Waals surface area (Å²) in [4.78, 5) is 0. The molecule has 0 saturated carbocycles. The molecule has 0 aliphatic carbocycles. The Labute approximate surface area is 88.8 Å². The van der Waals surface area contributed by atoms with Crippen LogP contribution in [0.1, 0.15) is 12.5 Å². The van der Waals surface area contributed by atoms with Crippen LogP contribution >= 0.6 is 11.6 Å². The largest absolute Gasteiger partial charge is 0.383 e. The molecule has 0 atom stereocenters. The number of hydrogen-bond donors (Lipinski definition) is 0. The SMILES string of the molecule is CCc1ccc(OS(C)(=O)=O)cc1Cl. The molecule has 0 amide bonds. The summed E-state index contributed by atoms with van der Waals surface area (Å²) in [5, 5.41) is 0.522. The maximum absolute atomic E-state index is 10.8. The van der Waals surface area contributed by atoms with Crippen molar-refractivity contribution in [3.63, 3.8) is 0 Å². The second kappa shape index (κ2) is 4.19. The minimum Gasteiger partial charge on any atom is -0.383 e. The smallest absolute Gasteiger partial charge is 0.306 e. The summed E-state index contributed by atoms with van der Waals surface area (Å²) in [5.74, 6) is 0.245. The standard InChI is InChI=1S/C9H11ClO3S/c1-3-7-4-5-8(6-9(7)10)13-14(2,11)12/h4-6H,3H2,1-2H3. The van der Waals surface area contributed by atoms with E-state index in [1.54, 1.807) is 12.1 Å². The topological polar surface area (TPSA) is 43.4 Å². The van der Waals surface area contributed by atoms with Crippen LogP contribution in [0.25, 0.3) is 0 Å². The summed E-state index contributed by atoms with van der Waals surface area (Å²) >= 11 is 5.88. The van der Waals surface area contributed by atoms with E-state index < -0.39 is 10.1 Å². The lowest BCUT2D eigenvalue weighted by atomic mass is 10.2. The van der Waals surface area contributed by atoms with Gasteiger partial charge in [0.15, 0.2) is 0 Å². The van der Waals surface area contributed by atoms with Crippen LogP contribution in [0.3, 0.4) is 0 Å². The number of aryl methyl sites for hydroxylation is 1. The van der Waals surface area contributed by atoms with Crippen molar-refractivity contribution in [2.24, 2.45) is 0 Å². The highest BCUT2D eigenvalue weighted by atomic mass is 35.5. The van der Waals surface area contributed by atoms with Crippen LogP contribution in [0.2, 0.25) is 5.02 Å². The van der Waals surface area contributed by atoms with Crippen molar-refractivity contribution in [2.45, 2.75) is 13.3 Å². The first kappa shape index (κ1) is 11.3. The Kier molecular flexibility index (Phi) is 3.39. The minimum absolute atomic E-state index is 0.245. The van der Waals surface area contributed by atoms with Gasteiger partial charge in [0.1, 0.15) is 5.75 Å². The van der Waals surface area contributed by atoms with Gasteiger partial charge in [0.25, 0.3) is 0 Å². The van der Waals surface area contributed by atoms with Crippen molar-refractivity contribution in [1.29, 1.82) is 0 Å². The molecule has 1 rings (SSSR count). The van der Waals surface area contributed by atoms with Crippen LogP contribution in [0.5, 0.6) is 5.75 Å². The predicted octanol–water partition coefficient (Wildman–Crippen LogP) is 2.24. The number of benzene rings is 1. The molecule has 78 valence electrons. The fraction of sp³-hybridized carbons (Fsp3) is 0.333. The van der Waals surface area contributed by atoms with E-state index in [0.717, 1.165) is 18.2 Å². The Hall–Kier alpha value is -0.740. The summed E-state index contributed by atoms with van der Waals surface area (Å²) in [7, 11) is -3.47. The fourth-order valence-corrected chi connectivity index (χ4v) is 1.80. The van der Waals surface area contributed by atoms with Gasteiger partial charge in [-0.3, -0.25) is 0 Å². The lowest BCUT2D eigenvalue weighted by Gasteiger charge is -2.05. The zero-order valence-electron chi connectivity index (χ0n) is 7.95. The second-order valence-electron chi connectivity index (χ2n) is 2.89. The molecule has 0 fully saturated rings. The van der Waals surface area contributed by atoms with Crippen LogP contribution in [-0.4, -0.2) is 14.7 Å². The van der Waals surface area contributed by atoms with Crippen LogP contribution in [0.15, 0.2) is 18.2 Å². The van der Waals surface area contributed by atoms with Crippen LogP contribution in [0, 0.1) is 0 Å². The quantitative estimate of drug-likeness (QED) is 0.754. The Morgan fingerprint density at radius 3 is 2.50 bits per heavy atom. The summed E-state index contributed by atoms with van der Waals surface area (Å²) in [6, 6.07) is 4.84. The zero-order chi connectivity index (χ0) is 10.8. The van der Waals surface area contributed by atoms with Crippen LogP contribution in [0.4, 0.5) is 0 Å². The highest BCUT2D eigenvalue weighted by molar-refractivity contribution is 7.86. The molecule has 0 N–H and O–H groups in total. The van der Waals surface area contributed by atoms with Gasteiger partial charge < -0.3 is 4.18 Å². The first-order valence-electron chi connectivity index (χ1n) is 4.10. The second-order valence-corrected chi connectivity index (χ2v) is 4.88. The molecular formula is C9H11ClO3S. The maximum Gasteiger partial charge on any atom is 0.306 e. The molecule has 1 aromatic carbocycles. The van der Waals surface area contributed by atoms with Gasteiger partial charge in [-0.1, -0.05) is 24.6 Å². The molecule has 3 nitrogen and oxygen atoms in total. The zero-order valence-corrected chi connectivity index (χ0v) is 9.52. The summed E-state index contributed by atoms with van der Waals surface area (Å²) < 4.78 is 26.3. The van der Waals surface area contributed by atoms with E-state index in [0.29, 0.717) is 5.02 Å². The minimum atomic E-state index is -3.47. The molecule has 0 saturated heterocycles. The fourth-order valence-electron chi connectivity index (χ4n) is 1.04. The van der Waals surface area contributed by atoms with Crippen molar-refractivity contribution in [3.8, 4) is 5.75 Å². The predicted molar refractivity (Wildman–Crippen MR) is 56.3 cm³/mol. The average Bonchev–Trinajstić information content (AvgIpc) is 2.01. The van der Waals surface area contributed by atoms with Gasteiger partial charge in [-0.2, -0.15) is 8.42 Å². The Morgan fingerprint density at radius 1 is 1.43 bits per heavy atom. The molecule has 0 spiro atoms. The van der Waals surface area contributed by atoms with Crippen molar-refractivity contribution in [2.75, 3.05) is 6.26 Å². The van der Waals surface area contributed by atoms with Crippen LogP contribution < -0.4 is 4.18 Å². The van der Waals surface area contributed by atoms with E-state index in [-0.39, 0.29) is 5.75 Å². The first-order chi connectivity index (χ1) is 6.42. The molecule has 0 bridgehead atoms. The summed E-state index contributed by atoms with van der Waals surface area (Å²) in [5.41, 5.74) is 0.965. The van der Waals surface area contributed by atoms with Crippen LogP contribution in [-0.2, 0) is 16.5 Å². The van der Waals surface area contributed by atoms with Gasteiger partial charge in [-0.15, -0.1) is 0 Å². The Morgan fingerprint density at radius 2 is 2.07 bits per heavy atom. The third-order valence-electron chi connectivity index (χ3n) is 1.65. The molecule has 0 aromatic heterocycles. The maximum atomic E-state index is 10.8.